The van der Waals surface area contributed by atoms with E-state index in [1.54, 1.807) is 7.11 Å². The molecule has 0 aromatic heterocycles. The standard InChI is InChI=1S/C12H18ClNO2/c1-4-16-8-11(14-2)9-5-6-10(13)12(7-9)15-3/h5-7,11,14H,4,8H2,1-3H3. The number of methoxy groups -OCH3 is 1. The third kappa shape index (κ3) is 3.37. The van der Waals surface area contributed by atoms with Gasteiger partial charge in [-0.3, -0.25) is 0 Å². The van der Waals surface area contributed by atoms with Gasteiger partial charge in [0.25, 0.3) is 0 Å². The largest absolute Gasteiger partial charge is 0.495 e. The summed E-state index contributed by atoms with van der Waals surface area (Å²) in [4.78, 5) is 0. The molecule has 1 aromatic rings. The van der Waals surface area contributed by atoms with Gasteiger partial charge in [0.15, 0.2) is 0 Å². The zero-order valence-electron chi connectivity index (χ0n) is 9.92. The van der Waals surface area contributed by atoms with Gasteiger partial charge in [-0.05, 0) is 31.7 Å². The van der Waals surface area contributed by atoms with Crippen molar-refractivity contribution in [1.82, 2.24) is 5.32 Å². The normalized spacial score (nSPS) is 12.5. The van der Waals surface area contributed by atoms with Crippen LogP contribution in [0.3, 0.4) is 0 Å². The number of halogens is 1. The summed E-state index contributed by atoms with van der Waals surface area (Å²) in [5, 5.41) is 3.82. The Morgan fingerprint density at radius 3 is 2.75 bits per heavy atom. The van der Waals surface area contributed by atoms with E-state index in [-0.39, 0.29) is 6.04 Å². The van der Waals surface area contributed by atoms with Crippen LogP contribution in [0.5, 0.6) is 5.75 Å². The van der Waals surface area contributed by atoms with Gasteiger partial charge in [0.2, 0.25) is 0 Å². The summed E-state index contributed by atoms with van der Waals surface area (Å²) in [7, 11) is 3.52. The minimum Gasteiger partial charge on any atom is -0.495 e. The van der Waals surface area contributed by atoms with E-state index in [0.29, 0.717) is 24.0 Å². The Bertz CT molecular complexity index is 331. The Morgan fingerprint density at radius 1 is 1.44 bits per heavy atom. The van der Waals surface area contributed by atoms with Crippen LogP contribution in [0.4, 0.5) is 0 Å². The Balaban J connectivity index is 2.83. The topological polar surface area (TPSA) is 30.5 Å². The van der Waals surface area contributed by atoms with Crippen LogP contribution in [0.1, 0.15) is 18.5 Å². The number of likely N-dealkylation sites (N-methyl/N-ethyl adjacent to an activating group) is 1. The molecule has 1 aromatic carbocycles. The fourth-order valence-electron chi connectivity index (χ4n) is 1.48. The minimum absolute atomic E-state index is 0.158. The predicted molar refractivity (Wildman–Crippen MR) is 66.3 cm³/mol. The van der Waals surface area contributed by atoms with E-state index in [9.17, 15) is 0 Å². The maximum atomic E-state index is 5.97. The van der Waals surface area contributed by atoms with Crippen LogP contribution in [0.15, 0.2) is 18.2 Å². The molecule has 1 N–H and O–H groups in total. The van der Waals surface area contributed by atoms with Crippen molar-refractivity contribution in [3.63, 3.8) is 0 Å². The lowest BCUT2D eigenvalue weighted by atomic mass is 10.1. The molecular formula is C12H18ClNO2. The van der Waals surface area contributed by atoms with Crippen LogP contribution in [-0.2, 0) is 4.74 Å². The molecule has 0 bridgehead atoms. The molecule has 0 heterocycles. The summed E-state index contributed by atoms with van der Waals surface area (Å²) in [5.74, 6) is 0.691. The number of hydrogen-bond donors (Lipinski definition) is 1. The first-order valence-electron chi connectivity index (χ1n) is 5.31. The van der Waals surface area contributed by atoms with Gasteiger partial charge in [0, 0.05) is 6.61 Å². The molecule has 90 valence electrons. The van der Waals surface area contributed by atoms with E-state index >= 15 is 0 Å². The Labute approximate surface area is 102 Å². The summed E-state index contributed by atoms with van der Waals surface area (Å²) < 4.78 is 10.6. The molecule has 0 fully saturated rings. The predicted octanol–water partition coefficient (Wildman–Crippen LogP) is 2.65. The SMILES string of the molecule is CCOCC(NC)c1ccc(Cl)c(OC)c1. The van der Waals surface area contributed by atoms with E-state index in [2.05, 4.69) is 5.32 Å². The number of hydrogen-bond acceptors (Lipinski definition) is 3. The molecule has 0 saturated heterocycles. The number of rotatable bonds is 6. The van der Waals surface area contributed by atoms with Gasteiger partial charge in [-0.15, -0.1) is 0 Å². The first kappa shape index (κ1) is 13.3. The van der Waals surface area contributed by atoms with Crippen LogP contribution >= 0.6 is 11.6 Å². The average molecular weight is 244 g/mol. The molecule has 0 radical (unpaired) electrons. The smallest absolute Gasteiger partial charge is 0.137 e. The van der Waals surface area contributed by atoms with Gasteiger partial charge in [-0.2, -0.15) is 0 Å². The van der Waals surface area contributed by atoms with Crippen LogP contribution in [0.25, 0.3) is 0 Å². The Kier molecular flexibility index (Phi) is 5.60. The fraction of sp³-hybridized carbons (Fsp3) is 0.500. The Morgan fingerprint density at radius 2 is 2.19 bits per heavy atom. The number of nitrogens with one attached hydrogen (secondary N) is 1. The van der Waals surface area contributed by atoms with Crippen molar-refractivity contribution in [1.29, 1.82) is 0 Å². The highest BCUT2D eigenvalue weighted by atomic mass is 35.5. The summed E-state index contributed by atoms with van der Waals surface area (Å²) in [5.41, 5.74) is 1.11. The molecule has 0 saturated carbocycles. The Hall–Kier alpha value is -0.770. The lowest BCUT2D eigenvalue weighted by molar-refractivity contribution is 0.125. The zero-order chi connectivity index (χ0) is 12.0. The molecule has 4 heteroatoms. The summed E-state index contributed by atoms with van der Waals surface area (Å²) >= 11 is 5.97. The average Bonchev–Trinajstić information content (AvgIpc) is 2.32. The first-order chi connectivity index (χ1) is 7.72. The maximum Gasteiger partial charge on any atom is 0.137 e. The molecule has 1 unspecified atom stereocenters. The van der Waals surface area contributed by atoms with Gasteiger partial charge in [0.05, 0.1) is 24.8 Å². The third-order valence-electron chi connectivity index (χ3n) is 2.41. The highest BCUT2D eigenvalue weighted by Crippen LogP contribution is 2.27. The molecule has 3 nitrogen and oxygen atoms in total. The van der Waals surface area contributed by atoms with E-state index < -0.39 is 0 Å². The quantitative estimate of drug-likeness (QED) is 0.833. The van der Waals surface area contributed by atoms with Gasteiger partial charge in [0.1, 0.15) is 5.75 Å². The van der Waals surface area contributed by atoms with Crippen molar-refractivity contribution in [3.8, 4) is 5.75 Å². The van der Waals surface area contributed by atoms with Crippen molar-refractivity contribution in [2.24, 2.45) is 0 Å². The second-order valence-corrected chi connectivity index (χ2v) is 3.80. The van der Waals surface area contributed by atoms with Crippen molar-refractivity contribution >= 4 is 11.6 Å². The third-order valence-corrected chi connectivity index (χ3v) is 2.73. The molecule has 0 aliphatic heterocycles. The second kappa shape index (κ2) is 6.74. The minimum atomic E-state index is 0.158. The molecule has 1 rings (SSSR count). The molecule has 0 spiro atoms. The zero-order valence-corrected chi connectivity index (χ0v) is 10.7. The number of ether oxygens (including phenoxy) is 2. The fourth-order valence-corrected chi connectivity index (χ4v) is 1.67. The molecule has 0 aliphatic rings. The second-order valence-electron chi connectivity index (χ2n) is 3.39. The van der Waals surface area contributed by atoms with Gasteiger partial charge in [-0.1, -0.05) is 17.7 Å². The van der Waals surface area contributed by atoms with Crippen LogP contribution < -0.4 is 10.1 Å². The van der Waals surface area contributed by atoms with Crippen molar-refractivity contribution < 1.29 is 9.47 Å². The molecular weight excluding hydrogens is 226 g/mol. The van der Waals surface area contributed by atoms with Crippen molar-refractivity contribution in [2.45, 2.75) is 13.0 Å². The van der Waals surface area contributed by atoms with Crippen molar-refractivity contribution in [2.75, 3.05) is 27.4 Å². The molecule has 0 aliphatic carbocycles. The lowest BCUT2D eigenvalue weighted by Crippen LogP contribution is -2.21. The summed E-state index contributed by atoms with van der Waals surface area (Å²) in [6, 6.07) is 5.91. The van der Waals surface area contributed by atoms with Crippen LogP contribution in [0, 0.1) is 0 Å². The first-order valence-corrected chi connectivity index (χ1v) is 5.69. The highest BCUT2D eigenvalue weighted by molar-refractivity contribution is 6.32. The lowest BCUT2D eigenvalue weighted by Gasteiger charge is -2.17. The highest BCUT2D eigenvalue weighted by Gasteiger charge is 2.11. The van der Waals surface area contributed by atoms with Crippen LogP contribution in [-0.4, -0.2) is 27.4 Å². The van der Waals surface area contributed by atoms with E-state index in [1.807, 2.05) is 32.2 Å². The summed E-state index contributed by atoms with van der Waals surface area (Å²) in [6.07, 6.45) is 0. The summed E-state index contributed by atoms with van der Waals surface area (Å²) in [6.45, 7) is 3.33. The van der Waals surface area contributed by atoms with Crippen LogP contribution in [0.2, 0.25) is 5.02 Å². The van der Waals surface area contributed by atoms with Crippen molar-refractivity contribution in [3.05, 3.63) is 28.8 Å². The number of benzene rings is 1. The maximum absolute atomic E-state index is 5.97. The van der Waals surface area contributed by atoms with E-state index in [1.165, 1.54) is 0 Å². The van der Waals surface area contributed by atoms with Gasteiger partial charge < -0.3 is 14.8 Å². The molecule has 16 heavy (non-hydrogen) atoms. The van der Waals surface area contributed by atoms with Gasteiger partial charge >= 0.3 is 0 Å². The molecule has 1 atom stereocenters. The van der Waals surface area contributed by atoms with Gasteiger partial charge in [-0.25, -0.2) is 0 Å². The van der Waals surface area contributed by atoms with E-state index in [0.717, 1.165) is 5.56 Å². The molecule has 0 amide bonds. The van der Waals surface area contributed by atoms with E-state index in [4.69, 9.17) is 21.1 Å². The monoisotopic (exact) mass is 243 g/mol.